The van der Waals surface area contributed by atoms with Gasteiger partial charge in [0.25, 0.3) is 0 Å². The first-order valence-corrected chi connectivity index (χ1v) is 6.88. The van der Waals surface area contributed by atoms with E-state index in [1.807, 2.05) is 35.0 Å². The molecule has 1 aromatic carbocycles. The molecule has 0 spiro atoms. The highest BCUT2D eigenvalue weighted by molar-refractivity contribution is 5.19. The van der Waals surface area contributed by atoms with Crippen LogP contribution in [0, 0.1) is 0 Å². The topological polar surface area (TPSA) is 60.2 Å². The quantitative estimate of drug-likeness (QED) is 0.839. The minimum Gasteiger partial charge on any atom is -0.390 e. The minimum absolute atomic E-state index is 0.358. The molecule has 20 heavy (non-hydrogen) atoms. The molecule has 2 aromatic rings. The Morgan fingerprint density at radius 2 is 2.05 bits per heavy atom. The van der Waals surface area contributed by atoms with E-state index in [1.165, 1.54) is 6.33 Å². The molecule has 0 radical (unpaired) electrons. The first kappa shape index (κ1) is 14.7. The predicted molar refractivity (Wildman–Crippen MR) is 76.2 cm³/mol. The fraction of sp³-hybridized carbons (Fsp3) is 0.467. The number of aryl methyl sites for hydroxylation is 1. The summed E-state index contributed by atoms with van der Waals surface area (Å²) in [6.07, 6.45) is 1.93. The summed E-state index contributed by atoms with van der Waals surface area (Å²) in [7, 11) is 1.61. The molecule has 108 valence electrons. The maximum atomic E-state index is 10.4. The van der Waals surface area contributed by atoms with E-state index in [0.29, 0.717) is 6.42 Å². The number of hydrogen-bond donors (Lipinski definition) is 1. The molecule has 0 aliphatic carbocycles. The van der Waals surface area contributed by atoms with Crippen LogP contribution in [0.3, 0.4) is 0 Å². The Hall–Kier alpha value is -1.72. The molecule has 5 heteroatoms. The molecule has 2 unspecified atom stereocenters. The average molecular weight is 275 g/mol. The summed E-state index contributed by atoms with van der Waals surface area (Å²) in [4.78, 5) is 4.22. The average Bonchev–Trinajstić information content (AvgIpc) is 2.88. The number of rotatable bonds is 7. The lowest BCUT2D eigenvalue weighted by Crippen LogP contribution is -2.24. The predicted octanol–water partition coefficient (Wildman–Crippen LogP) is 1.98. The highest BCUT2D eigenvalue weighted by Crippen LogP contribution is 2.22. The first-order chi connectivity index (χ1) is 9.76. The van der Waals surface area contributed by atoms with Crippen LogP contribution in [0.2, 0.25) is 0 Å². The van der Waals surface area contributed by atoms with Crippen molar-refractivity contribution in [2.75, 3.05) is 7.11 Å². The lowest BCUT2D eigenvalue weighted by Gasteiger charge is -2.21. The second-order valence-electron chi connectivity index (χ2n) is 4.74. The van der Waals surface area contributed by atoms with Crippen molar-refractivity contribution in [2.45, 2.75) is 38.5 Å². The van der Waals surface area contributed by atoms with Gasteiger partial charge in [0.15, 0.2) is 0 Å². The molecule has 1 aromatic heterocycles. The number of aliphatic hydroxyl groups excluding tert-OH is 1. The van der Waals surface area contributed by atoms with Crippen molar-refractivity contribution in [3.8, 4) is 0 Å². The summed E-state index contributed by atoms with van der Waals surface area (Å²) in [5.74, 6) is 0.789. The SMILES string of the molecule is CCCn1ncnc1CC(O)C(OC)c1ccccc1. The lowest BCUT2D eigenvalue weighted by atomic mass is 10.0. The maximum Gasteiger partial charge on any atom is 0.138 e. The van der Waals surface area contributed by atoms with Gasteiger partial charge in [-0.25, -0.2) is 4.98 Å². The van der Waals surface area contributed by atoms with Crippen molar-refractivity contribution in [1.82, 2.24) is 14.8 Å². The van der Waals surface area contributed by atoms with Gasteiger partial charge in [0.2, 0.25) is 0 Å². The molecule has 0 bridgehead atoms. The van der Waals surface area contributed by atoms with Crippen LogP contribution < -0.4 is 0 Å². The minimum atomic E-state index is -0.651. The van der Waals surface area contributed by atoms with Crippen LogP contribution in [-0.2, 0) is 17.7 Å². The Kier molecular flexibility index (Phi) is 5.26. The fourth-order valence-electron chi connectivity index (χ4n) is 2.30. The van der Waals surface area contributed by atoms with Gasteiger partial charge in [0, 0.05) is 20.1 Å². The van der Waals surface area contributed by atoms with Gasteiger partial charge in [-0.2, -0.15) is 5.10 Å². The van der Waals surface area contributed by atoms with E-state index >= 15 is 0 Å². The summed E-state index contributed by atoms with van der Waals surface area (Å²) in [5, 5.41) is 14.6. The number of hydrogen-bond acceptors (Lipinski definition) is 4. The summed E-state index contributed by atoms with van der Waals surface area (Å²) >= 11 is 0. The smallest absolute Gasteiger partial charge is 0.138 e. The van der Waals surface area contributed by atoms with E-state index in [9.17, 15) is 5.11 Å². The van der Waals surface area contributed by atoms with Crippen molar-refractivity contribution < 1.29 is 9.84 Å². The molecule has 2 atom stereocenters. The van der Waals surface area contributed by atoms with Gasteiger partial charge >= 0.3 is 0 Å². The van der Waals surface area contributed by atoms with Crippen LogP contribution in [0.4, 0.5) is 0 Å². The van der Waals surface area contributed by atoms with E-state index in [4.69, 9.17) is 4.74 Å². The van der Waals surface area contributed by atoms with E-state index in [1.54, 1.807) is 7.11 Å². The standard InChI is InChI=1S/C15H21N3O2/c1-3-9-18-14(16-11-17-18)10-13(19)15(20-2)12-7-5-4-6-8-12/h4-8,11,13,15,19H,3,9-10H2,1-2H3. The lowest BCUT2D eigenvalue weighted by molar-refractivity contribution is -0.0142. The van der Waals surface area contributed by atoms with Gasteiger partial charge in [-0.3, -0.25) is 4.68 Å². The van der Waals surface area contributed by atoms with E-state index in [2.05, 4.69) is 17.0 Å². The molecule has 5 nitrogen and oxygen atoms in total. The molecule has 1 N–H and O–H groups in total. The Bertz CT molecular complexity index is 513. The second-order valence-corrected chi connectivity index (χ2v) is 4.74. The van der Waals surface area contributed by atoms with Gasteiger partial charge in [0.1, 0.15) is 18.3 Å². The van der Waals surface area contributed by atoms with Crippen molar-refractivity contribution >= 4 is 0 Å². The number of benzene rings is 1. The van der Waals surface area contributed by atoms with Crippen molar-refractivity contribution in [1.29, 1.82) is 0 Å². The Balaban J connectivity index is 2.09. The monoisotopic (exact) mass is 275 g/mol. The van der Waals surface area contributed by atoms with Crippen molar-refractivity contribution in [2.24, 2.45) is 0 Å². The third-order valence-corrected chi connectivity index (χ3v) is 3.25. The third kappa shape index (κ3) is 3.43. The van der Waals surface area contributed by atoms with Crippen LogP contribution in [-0.4, -0.2) is 33.1 Å². The van der Waals surface area contributed by atoms with Crippen LogP contribution in [0.1, 0.15) is 30.8 Å². The maximum absolute atomic E-state index is 10.4. The van der Waals surface area contributed by atoms with Crippen LogP contribution in [0.25, 0.3) is 0 Å². The van der Waals surface area contributed by atoms with E-state index in [-0.39, 0.29) is 6.10 Å². The summed E-state index contributed by atoms with van der Waals surface area (Å²) in [6.45, 7) is 2.90. The molecule has 0 aliphatic heterocycles. The van der Waals surface area contributed by atoms with Gasteiger partial charge < -0.3 is 9.84 Å². The van der Waals surface area contributed by atoms with Crippen LogP contribution >= 0.6 is 0 Å². The van der Waals surface area contributed by atoms with Crippen LogP contribution in [0.5, 0.6) is 0 Å². The molecule has 0 amide bonds. The van der Waals surface area contributed by atoms with Gasteiger partial charge in [-0.05, 0) is 12.0 Å². The summed E-state index contributed by atoms with van der Waals surface area (Å²) in [5.41, 5.74) is 0.962. The molecule has 1 heterocycles. The molecule has 0 saturated heterocycles. The molecular weight excluding hydrogens is 254 g/mol. The highest BCUT2D eigenvalue weighted by Gasteiger charge is 2.22. The highest BCUT2D eigenvalue weighted by atomic mass is 16.5. The van der Waals surface area contributed by atoms with Gasteiger partial charge in [0.05, 0.1) is 6.10 Å². The molecule has 0 fully saturated rings. The number of nitrogens with zero attached hydrogens (tertiary/aromatic N) is 3. The Morgan fingerprint density at radius 1 is 1.30 bits per heavy atom. The molecule has 2 rings (SSSR count). The third-order valence-electron chi connectivity index (χ3n) is 3.25. The number of ether oxygens (including phenoxy) is 1. The zero-order valence-electron chi connectivity index (χ0n) is 11.9. The summed E-state index contributed by atoms with van der Waals surface area (Å²) in [6, 6.07) is 9.73. The zero-order valence-corrected chi connectivity index (χ0v) is 11.9. The van der Waals surface area contributed by atoms with E-state index in [0.717, 1.165) is 24.4 Å². The normalized spacial score (nSPS) is 14.2. The van der Waals surface area contributed by atoms with Gasteiger partial charge in [-0.15, -0.1) is 0 Å². The van der Waals surface area contributed by atoms with Crippen molar-refractivity contribution in [3.05, 3.63) is 48.0 Å². The van der Waals surface area contributed by atoms with Gasteiger partial charge in [-0.1, -0.05) is 37.3 Å². The number of aromatic nitrogens is 3. The molecule has 0 aliphatic rings. The Morgan fingerprint density at radius 3 is 2.70 bits per heavy atom. The van der Waals surface area contributed by atoms with E-state index < -0.39 is 6.10 Å². The van der Waals surface area contributed by atoms with Crippen molar-refractivity contribution in [3.63, 3.8) is 0 Å². The molecular formula is C15H21N3O2. The Labute approximate surface area is 119 Å². The largest absolute Gasteiger partial charge is 0.390 e. The summed E-state index contributed by atoms with van der Waals surface area (Å²) < 4.78 is 7.27. The first-order valence-electron chi connectivity index (χ1n) is 6.88. The fourth-order valence-corrected chi connectivity index (χ4v) is 2.30. The number of aliphatic hydroxyl groups is 1. The second kappa shape index (κ2) is 7.17. The van der Waals surface area contributed by atoms with Crippen LogP contribution in [0.15, 0.2) is 36.7 Å². The molecule has 0 saturated carbocycles. The number of methoxy groups -OCH3 is 1. The zero-order chi connectivity index (χ0) is 14.4.